The van der Waals surface area contributed by atoms with Crippen molar-refractivity contribution >= 4 is 17.6 Å². The molecule has 0 aliphatic carbocycles. The molecule has 0 aromatic heterocycles. The molecule has 124 valence electrons. The van der Waals surface area contributed by atoms with Crippen molar-refractivity contribution < 1.29 is 19.2 Å². The molecule has 1 fully saturated rings. The number of nitrogens with zero attached hydrogens (tertiary/aromatic N) is 3. The van der Waals surface area contributed by atoms with E-state index in [9.17, 15) is 19.7 Å². The number of carbonyl (C=O) groups is 2. The number of nitro benzene ring substituents is 1. The number of non-ortho nitro benzene ring substituents is 1. The topological polar surface area (TPSA) is 93.0 Å². The highest BCUT2D eigenvalue weighted by Gasteiger charge is 2.24. The van der Waals surface area contributed by atoms with Crippen LogP contribution in [0.15, 0.2) is 18.2 Å². The number of likely N-dealkylation sites (N-methyl/N-ethyl adjacent to an activating group) is 1. The molecule has 1 aromatic rings. The van der Waals surface area contributed by atoms with Gasteiger partial charge in [-0.3, -0.25) is 14.9 Å². The highest BCUT2D eigenvalue weighted by Crippen LogP contribution is 2.20. The van der Waals surface area contributed by atoms with E-state index in [0.29, 0.717) is 13.1 Å². The molecular weight excluding hydrogens is 302 g/mol. The maximum absolute atomic E-state index is 12.6. The van der Waals surface area contributed by atoms with Crippen LogP contribution >= 0.6 is 0 Å². The normalized spacial score (nSPS) is 15.3. The summed E-state index contributed by atoms with van der Waals surface area (Å²) in [6.45, 7) is 5.62. The molecule has 0 bridgehead atoms. The Kier molecular flexibility index (Phi) is 5.28. The van der Waals surface area contributed by atoms with Crippen LogP contribution in [0.25, 0.3) is 0 Å². The molecule has 23 heavy (non-hydrogen) atoms. The van der Waals surface area contributed by atoms with Gasteiger partial charge in [-0.2, -0.15) is 0 Å². The molecular formula is C15H19N3O5. The molecule has 8 nitrogen and oxygen atoms in total. The fourth-order valence-corrected chi connectivity index (χ4v) is 2.53. The second-order valence-electron chi connectivity index (χ2n) is 5.24. The number of nitro groups is 1. The van der Waals surface area contributed by atoms with Crippen LogP contribution in [0.5, 0.6) is 0 Å². The molecule has 1 aliphatic rings. The number of esters is 1. The van der Waals surface area contributed by atoms with Gasteiger partial charge in [0.15, 0.2) is 0 Å². The smallest absolute Gasteiger partial charge is 0.338 e. The first-order chi connectivity index (χ1) is 11.0. The summed E-state index contributed by atoms with van der Waals surface area (Å²) in [6, 6.07) is 3.64. The van der Waals surface area contributed by atoms with Gasteiger partial charge in [-0.05, 0) is 12.6 Å². The lowest BCUT2D eigenvalue weighted by molar-refractivity contribution is -0.384. The largest absolute Gasteiger partial charge is 0.465 e. The fraction of sp³-hybridized carbons (Fsp3) is 0.467. The van der Waals surface area contributed by atoms with Crippen LogP contribution in [0.4, 0.5) is 5.69 Å². The Morgan fingerprint density at radius 3 is 2.30 bits per heavy atom. The van der Waals surface area contributed by atoms with E-state index in [1.807, 2.05) is 0 Å². The number of piperazine rings is 1. The van der Waals surface area contributed by atoms with Crippen LogP contribution in [-0.2, 0) is 4.74 Å². The maximum Gasteiger partial charge on any atom is 0.338 e. The van der Waals surface area contributed by atoms with Crippen LogP contribution < -0.4 is 0 Å². The molecule has 0 saturated carbocycles. The first-order valence-electron chi connectivity index (χ1n) is 7.35. The minimum atomic E-state index is -0.710. The summed E-state index contributed by atoms with van der Waals surface area (Å²) in [7, 11) is 1.19. The molecule has 1 saturated heterocycles. The number of ether oxygens (including phenoxy) is 1. The molecule has 1 aromatic carbocycles. The minimum Gasteiger partial charge on any atom is -0.465 e. The Labute approximate surface area is 133 Å². The number of hydrogen-bond acceptors (Lipinski definition) is 6. The summed E-state index contributed by atoms with van der Waals surface area (Å²) in [5, 5.41) is 11.0. The van der Waals surface area contributed by atoms with Crippen LogP contribution in [0.2, 0.25) is 0 Å². The van der Waals surface area contributed by atoms with Crippen molar-refractivity contribution in [2.75, 3.05) is 39.8 Å². The van der Waals surface area contributed by atoms with Crippen LogP contribution in [0, 0.1) is 10.1 Å². The van der Waals surface area contributed by atoms with E-state index in [1.165, 1.54) is 19.2 Å². The van der Waals surface area contributed by atoms with Gasteiger partial charge < -0.3 is 14.5 Å². The molecule has 2 rings (SSSR count). The van der Waals surface area contributed by atoms with Gasteiger partial charge in [0, 0.05) is 43.9 Å². The maximum atomic E-state index is 12.6. The first kappa shape index (κ1) is 16.9. The number of carbonyl (C=O) groups excluding carboxylic acids is 2. The van der Waals surface area contributed by atoms with Gasteiger partial charge >= 0.3 is 5.97 Å². The molecule has 0 spiro atoms. The van der Waals surface area contributed by atoms with Crippen molar-refractivity contribution in [3.63, 3.8) is 0 Å². The third-order valence-electron chi connectivity index (χ3n) is 3.90. The predicted octanol–water partition coefficient (Wildman–Crippen LogP) is 1.16. The number of benzene rings is 1. The van der Waals surface area contributed by atoms with Crippen molar-refractivity contribution in [1.29, 1.82) is 0 Å². The summed E-state index contributed by atoms with van der Waals surface area (Å²) in [5.41, 5.74) is -0.176. The zero-order valence-electron chi connectivity index (χ0n) is 13.2. The molecule has 0 unspecified atom stereocenters. The molecule has 1 amide bonds. The molecule has 1 heterocycles. The van der Waals surface area contributed by atoms with Crippen molar-refractivity contribution in [2.24, 2.45) is 0 Å². The Morgan fingerprint density at radius 2 is 1.78 bits per heavy atom. The quantitative estimate of drug-likeness (QED) is 0.469. The van der Waals surface area contributed by atoms with E-state index in [-0.39, 0.29) is 22.7 Å². The van der Waals surface area contributed by atoms with E-state index in [4.69, 9.17) is 0 Å². The highest BCUT2D eigenvalue weighted by molar-refractivity contribution is 5.99. The standard InChI is InChI=1S/C15H19N3O5/c1-3-16-4-6-17(7-5-16)14(19)11-8-12(15(20)23-2)10-13(9-11)18(21)22/h8-10H,3-7H2,1-2H3. The van der Waals surface area contributed by atoms with Gasteiger partial charge in [0.25, 0.3) is 11.6 Å². The second kappa shape index (κ2) is 7.19. The molecule has 8 heteroatoms. The van der Waals surface area contributed by atoms with E-state index in [0.717, 1.165) is 25.7 Å². The van der Waals surface area contributed by atoms with Gasteiger partial charge in [-0.1, -0.05) is 6.92 Å². The van der Waals surface area contributed by atoms with Crippen LogP contribution in [0.3, 0.4) is 0 Å². The van der Waals surface area contributed by atoms with E-state index < -0.39 is 10.9 Å². The van der Waals surface area contributed by atoms with Crippen molar-refractivity contribution in [3.05, 3.63) is 39.4 Å². The SMILES string of the molecule is CCN1CCN(C(=O)c2cc(C(=O)OC)cc([N+](=O)[O-])c2)CC1. The molecule has 0 atom stereocenters. The Morgan fingerprint density at radius 1 is 1.17 bits per heavy atom. The molecule has 0 radical (unpaired) electrons. The third-order valence-corrected chi connectivity index (χ3v) is 3.90. The predicted molar refractivity (Wildman–Crippen MR) is 82.5 cm³/mol. The van der Waals surface area contributed by atoms with Crippen molar-refractivity contribution in [3.8, 4) is 0 Å². The summed E-state index contributed by atoms with van der Waals surface area (Å²) in [6.07, 6.45) is 0. The summed E-state index contributed by atoms with van der Waals surface area (Å²) in [5.74, 6) is -1.02. The van der Waals surface area contributed by atoms with Gasteiger partial charge in [0.1, 0.15) is 0 Å². The summed E-state index contributed by atoms with van der Waals surface area (Å²) in [4.78, 5) is 38.5. The van der Waals surface area contributed by atoms with E-state index in [2.05, 4.69) is 16.6 Å². The highest BCUT2D eigenvalue weighted by atomic mass is 16.6. The average Bonchev–Trinajstić information content (AvgIpc) is 2.59. The van der Waals surface area contributed by atoms with Gasteiger partial charge in [-0.15, -0.1) is 0 Å². The Balaban J connectivity index is 2.27. The Hall–Kier alpha value is -2.48. The number of methoxy groups -OCH3 is 1. The second-order valence-corrected chi connectivity index (χ2v) is 5.24. The van der Waals surface area contributed by atoms with E-state index >= 15 is 0 Å². The average molecular weight is 321 g/mol. The lowest BCUT2D eigenvalue weighted by Gasteiger charge is -2.34. The van der Waals surface area contributed by atoms with Gasteiger partial charge in [0.05, 0.1) is 17.6 Å². The third kappa shape index (κ3) is 3.84. The number of hydrogen-bond donors (Lipinski definition) is 0. The fourth-order valence-electron chi connectivity index (χ4n) is 2.53. The van der Waals surface area contributed by atoms with Gasteiger partial charge in [0.2, 0.25) is 0 Å². The zero-order valence-corrected chi connectivity index (χ0v) is 13.2. The van der Waals surface area contributed by atoms with Crippen LogP contribution in [0.1, 0.15) is 27.6 Å². The Bertz CT molecular complexity index is 624. The molecule has 1 aliphatic heterocycles. The minimum absolute atomic E-state index is 0.00255. The van der Waals surface area contributed by atoms with Crippen molar-refractivity contribution in [1.82, 2.24) is 9.80 Å². The lowest BCUT2D eigenvalue weighted by atomic mass is 10.1. The summed E-state index contributed by atoms with van der Waals surface area (Å²) >= 11 is 0. The van der Waals surface area contributed by atoms with Crippen LogP contribution in [-0.4, -0.2) is 66.4 Å². The number of amides is 1. The zero-order chi connectivity index (χ0) is 17.0. The van der Waals surface area contributed by atoms with Gasteiger partial charge in [-0.25, -0.2) is 4.79 Å². The number of rotatable bonds is 4. The lowest BCUT2D eigenvalue weighted by Crippen LogP contribution is -2.48. The monoisotopic (exact) mass is 321 g/mol. The molecule has 0 N–H and O–H groups in total. The van der Waals surface area contributed by atoms with E-state index in [1.54, 1.807) is 4.90 Å². The summed E-state index contributed by atoms with van der Waals surface area (Å²) < 4.78 is 4.59. The van der Waals surface area contributed by atoms with Crippen molar-refractivity contribution in [2.45, 2.75) is 6.92 Å². The first-order valence-corrected chi connectivity index (χ1v) is 7.35.